The van der Waals surface area contributed by atoms with Crippen LogP contribution in [0.2, 0.25) is 0 Å². The molecule has 25 heavy (non-hydrogen) atoms. The van der Waals surface area contributed by atoms with Crippen molar-refractivity contribution in [3.05, 3.63) is 57.8 Å². The molecule has 0 aliphatic carbocycles. The summed E-state index contributed by atoms with van der Waals surface area (Å²) < 4.78 is 25.5. The van der Waals surface area contributed by atoms with Crippen molar-refractivity contribution in [2.75, 3.05) is 6.61 Å². The maximum absolute atomic E-state index is 13.7. The zero-order chi connectivity index (χ0) is 18.4. The molecule has 2 aromatic carbocycles. The second-order valence-electron chi connectivity index (χ2n) is 4.92. The van der Waals surface area contributed by atoms with Crippen LogP contribution < -0.4 is 20.5 Å². The van der Waals surface area contributed by atoms with Gasteiger partial charge in [-0.25, -0.2) is 4.39 Å². The van der Waals surface area contributed by atoms with Crippen molar-refractivity contribution >= 4 is 39.2 Å². The first-order valence-corrected chi connectivity index (χ1v) is 8.55. The molecule has 0 aromatic heterocycles. The molecule has 0 unspecified atom stereocenters. The molecule has 3 N–H and O–H groups in total. The summed E-state index contributed by atoms with van der Waals surface area (Å²) in [5.74, 6) is -0.0999. The Morgan fingerprint density at radius 2 is 2.04 bits per heavy atom. The standard InChI is InChI=1S/C17H16BrFN2O3S/c1-2-23-14-8-11(16(22)21-17(20)25)7-12(18)15(14)24-9-10-5-3-4-6-13(10)19/h3-8H,2,9H2,1H3,(H3,20,21,22,25). The van der Waals surface area contributed by atoms with E-state index in [0.717, 1.165) is 0 Å². The predicted molar refractivity (Wildman–Crippen MR) is 100 cm³/mol. The SMILES string of the molecule is CCOc1cc(C(=O)NC(N)=S)cc(Br)c1OCc1ccccc1F. The van der Waals surface area contributed by atoms with Gasteiger partial charge in [-0.3, -0.25) is 10.1 Å². The van der Waals surface area contributed by atoms with Crippen molar-refractivity contribution in [1.29, 1.82) is 0 Å². The van der Waals surface area contributed by atoms with Crippen molar-refractivity contribution in [1.82, 2.24) is 5.32 Å². The number of halogens is 2. The Kier molecular flexibility index (Phi) is 6.72. The van der Waals surface area contributed by atoms with Crippen LogP contribution in [-0.4, -0.2) is 17.6 Å². The number of ether oxygens (including phenoxy) is 2. The van der Waals surface area contributed by atoms with Gasteiger partial charge in [-0.15, -0.1) is 0 Å². The number of hydrogen-bond donors (Lipinski definition) is 2. The highest BCUT2D eigenvalue weighted by Gasteiger charge is 2.17. The molecule has 0 aliphatic rings. The fraction of sp³-hybridized carbons (Fsp3) is 0.176. The third-order valence-electron chi connectivity index (χ3n) is 3.14. The number of nitrogens with two attached hydrogens (primary N) is 1. The van der Waals surface area contributed by atoms with Crippen LogP contribution in [0, 0.1) is 5.82 Å². The lowest BCUT2D eigenvalue weighted by molar-refractivity contribution is 0.0977. The van der Waals surface area contributed by atoms with Crippen LogP contribution >= 0.6 is 28.1 Å². The molecule has 0 radical (unpaired) electrons. The van der Waals surface area contributed by atoms with Gasteiger partial charge in [0.25, 0.3) is 5.91 Å². The topological polar surface area (TPSA) is 73.6 Å². The summed E-state index contributed by atoms with van der Waals surface area (Å²) in [6.45, 7) is 2.18. The van der Waals surface area contributed by atoms with Gasteiger partial charge in [0.1, 0.15) is 12.4 Å². The minimum absolute atomic E-state index is 0.0176. The van der Waals surface area contributed by atoms with Crippen molar-refractivity contribution in [3.8, 4) is 11.5 Å². The largest absolute Gasteiger partial charge is 0.490 e. The minimum Gasteiger partial charge on any atom is -0.490 e. The summed E-state index contributed by atoms with van der Waals surface area (Å²) in [5.41, 5.74) is 6.02. The molecule has 1 amide bonds. The number of thiocarbonyl (C=S) groups is 1. The first kappa shape index (κ1) is 19.1. The number of benzene rings is 2. The van der Waals surface area contributed by atoms with E-state index in [1.165, 1.54) is 12.1 Å². The Labute approximate surface area is 158 Å². The van der Waals surface area contributed by atoms with Crippen LogP contribution in [-0.2, 0) is 6.61 Å². The zero-order valence-corrected chi connectivity index (χ0v) is 15.7. The molecule has 0 heterocycles. The molecule has 0 aliphatic heterocycles. The quantitative estimate of drug-likeness (QED) is 0.690. The average molecular weight is 427 g/mol. The van der Waals surface area contributed by atoms with E-state index in [2.05, 4.69) is 33.5 Å². The first-order chi connectivity index (χ1) is 11.9. The van der Waals surface area contributed by atoms with Gasteiger partial charge >= 0.3 is 0 Å². The van der Waals surface area contributed by atoms with Crippen LogP contribution in [0.25, 0.3) is 0 Å². The second kappa shape index (κ2) is 8.77. The van der Waals surface area contributed by atoms with E-state index in [-0.39, 0.29) is 17.5 Å². The van der Waals surface area contributed by atoms with Gasteiger partial charge in [-0.2, -0.15) is 0 Å². The molecule has 8 heteroatoms. The fourth-order valence-electron chi connectivity index (χ4n) is 2.05. The van der Waals surface area contributed by atoms with Crippen LogP contribution in [0.5, 0.6) is 11.5 Å². The normalized spacial score (nSPS) is 10.2. The second-order valence-corrected chi connectivity index (χ2v) is 6.21. The maximum Gasteiger partial charge on any atom is 0.257 e. The van der Waals surface area contributed by atoms with Gasteiger partial charge in [0.2, 0.25) is 0 Å². The smallest absolute Gasteiger partial charge is 0.257 e. The molecule has 0 atom stereocenters. The minimum atomic E-state index is -0.463. The van der Waals surface area contributed by atoms with Crippen molar-refractivity contribution in [2.24, 2.45) is 5.73 Å². The molecule has 0 fully saturated rings. The average Bonchev–Trinajstić information content (AvgIpc) is 2.55. The number of amides is 1. The molecule has 2 aromatic rings. The Morgan fingerprint density at radius 3 is 2.68 bits per heavy atom. The van der Waals surface area contributed by atoms with Crippen LogP contribution in [0.3, 0.4) is 0 Å². The number of carbonyl (C=O) groups excluding carboxylic acids is 1. The third kappa shape index (κ3) is 5.14. The molecular weight excluding hydrogens is 411 g/mol. The lowest BCUT2D eigenvalue weighted by Crippen LogP contribution is -2.34. The number of hydrogen-bond acceptors (Lipinski definition) is 4. The monoisotopic (exact) mass is 426 g/mol. The fourth-order valence-corrected chi connectivity index (χ4v) is 2.70. The van der Waals surface area contributed by atoms with Crippen LogP contribution in [0.4, 0.5) is 4.39 Å². The molecule has 132 valence electrons. The summed E-state index contributed by atoms with van der Waals surface area (Å²) in [4.78, 5) is 12.1. The Bertz CT molecular complexity index is 801. The highest BCUT2D eigenvalue weighted by atomic mass is 79.9. The molecule has 0 saturated heterocycles. The van der Waals surface area contributed by atoms with Gasteiger partial charge in [-0.1, -0.05) is 18.2 Å². The van der Waals surface area contributed by atoms with E-state index >= 15 is 0 Å². The van der Waals surface area contributed by atoms with Gasteiger partial charge < -0.3 is 15.2 Å². The van der Waals surface area contributed by atoms with Crippen molar-refractivity contribution in [2.45, 2.75) is 13.5 Å². The summed E-state index contributed by atoms with van der Waals surface area (Å²) in [6.07, 6.45) is 0. The number of carbonyl (C=O) groups is 1. The lowest BCUT2D eigenvalue weighted by Gasteiger charge is -2.15. The Balaban J connectivity index is 2.29. The molecule has 5 nitrogen and oxygen atoms in total. The van der Waals surface area contributed by atoms with Crippen LogP contribution in [0.1, 0.15) is 22.8 Å². The third-order valence-corrected chi connectivity index (χ3v) is 3.83. The first-order valence-electron chi connectivity index (χ1n) is 7.35. The van der Waals surface area contributed by atoms with E-state index in [1.54, 1.807) is 31.2 Å². The van der Waals surface area contributed by atoms with Gasteiger partial charge in [0.15, 0.2) is 16.6 Å². The maximum atomic E-state index is 13.7. The van der Waals surface area contributed by atoms with E-state index in [9.17, 15) is 9.18 Å². The highest BCUT2D eigenvalue weighted by molar-refractivity contribution is 9.10. The summed E-state index contributed by atoms with van der Waals surface area (Å²) in [7, 11) is 0. The lowest BCUT2D eigenvalue weighted by atomic mass is 10.2. The molecule has 2 rings (SSSR count). The summed E-state index contributed by atoms with van der Waals surface area (Å²) in [5, 5.41) is 2.22. The molecule has 0 spiro atoms. The van der Waals surface area contributed by atoms with Gasteiger partial charge in [0.05, 0.1) is 11.1 Å². The Hall–Kier alpha value is -2.19. The van der Waals surface area contributed by atoms with Crippen molar-refractivity contribution < 1.29 is 18.7 Å². The predicted octanol–water partition coefficient (Wildman–Crippen LogP) is 3.54. The van der Waals surface area contributed by atoms with Gasteiger partial charge in [-0.05, 0) is 53.3 Å². The number of rotatable bonds is 6. The van der Waals surface area contributed by atoms with Gasteiger partial charge in [0, 0.05) is 11.1 Å². The van der Waals surface area contributed by atoms with E-state index in [0.29, 0.717) is 33.7 Å². The molecule has 0 saturated carbocycles. The summed E-state index contributed by atoms with van der Waals surface area (Å²) in [6, 6.07) is 9.39. The Morgan fingerprint density at radius 1 is 1.32 bits per heavy atom. The zero-order valence-electron chi connectivity index (χ0n) is 13.3. The molecular formula is C17H16BrFN2O3S. The van der Waals surface area contributed by atoms with E-state index < -0.39 is 5.91 Å². The summed E-state index contributed by atoms with van der Waals surface area (Å²) >= 11 is 8.02. The van der Waals surface area contributed by atoms with Crippen molar-refractivity contribution in [3.63, 3.8) is 0 Å². The highest BCUT2D eigenvalue weighted by Crippen LogP contribution is 2.37. The van der Waals surface area contributed by atoms with E-state index in [1.807, 2.05) is 0 Å². The van der Waals surface area contributed by atoms with Crippen LogP contribution in [0.15, 0.2) is 40.9 Å². The van der Waals surface area contributed by atoms with E-state index in [4.69, 9.17) is 15.2 Å². The molecule has 0 bridgehead atoms. The number of nitrogens with one attached hydrogen (secondary N) is 1.